The van der Waals surface area contributed by atoms with E-state index in [1.807, 2.05) is 0 Å². The van der Waals surface area contributed by atoms with Gasteiger partial charge in [0.15, 0.2) is 29.2 Å². The summed E-state index contributed by atoms with van der Waals surface area (Å²) in [5.41, 5.74) is 5.59. The molecule has 15 heteroatoms. The fourth-order valence-corrected chi connectivity index (χ4v) is 5.16. The molecule has 0 bridgehead atoms. The molecule has 4 rings (SSSR count). The van der Waals surface area contributed by atoms with Gasteiger partial charge in [0, 0.05) is 5.70 Å². The molecule has 50 heavy (non-hydrogen) atoms. The Labute approximate surface area is 294 Å². The molecule has 0 saturated carbocycles. The molecule has 0 aliphatic carbocycles. The number of methoxy groups -OCH3 is 2. The summed E-state index contributed by atoms with van der Waals surface area (Å²) in [5.74, 6) is 0.374. The molecule has 266 valence electrons. The second-order valence-electron chi connectivity index (χ2n) is 10.7. The molecule has 0 unspecified atom stereocenters. The Morgan fingerprint density at radius 2 is 1.74 bits per heavy atom. The zero-order chi connectivity index (χ0) is 36.2. The minimum Gasteiger partial charge on any atom is -0.493 e. The Morgan fingerprint density at radius 3 is 2.42 bits per heavy atom. The number of aliphatic hydroxyl groups excluding tert-OH is 1. The lowest BCUT2D eigenvalue weighted by atomic mass is 9.95. The Hall–Kier alpha value is -5.47. The van der Waals surface area contributed by atoms with Crippen LogP contribution in [-0.2, 0) is 20.9 Å². The molecule has 1 aliphatic rings. The number of ether oxygens (including phenoxy) is 6. The molecule has 2 atom stereocenters. The molecule has 1 heterocycles. The van der Waals surface area contributed by atoms with Crippen molar-refractivity contribution in [1.29, 1.82) is 0 Å². The van der Waals surface area contributed by atoms with Crippen LogP contribution in [0.25, 0.3) is 0 Å². The van der Waals surface area contributed by atoms with Gasteiger partial charge in [0.05, 0.1) is 55.8 Å². The molecule has 2 amide bonds. The highest BCUT2D eigenvalue weighted by Crippen LogP contribution is 2.37. The maximum absolute atomic E-state index is 12.5. The lowest BCUT2D eigenvalue weighted by Crippen LogP contribution is -2.45. The van der Waals surface area contributed by atoms with Crippen molar-refractivity contribution >= 4 is 35.8 Å². The Morgan fingerprint density at radius 1 is 0.980 bits per heavy atom. The molecule has 0 aromatic heterocycles. The molecule has 14 nitrogen and oxygen atoms in total. The molecule has 3 aromatic carbocycles. The van der Waals surface area contributed by atoms with Crippen LogP contribution in [0.4, 0.5) is 4.79 Å². The molecule has 3 aromatic rings. The first-order valence-electron chi connectivity index (χ1n) is 15.6. The van der Waals surface area contributed by atoms with Gasteiger partial charge < -0.3 is 44.2 Å². The van der Waals surface area contributed by atoms with E-state index in [4.69, 9.17) is 40.0 Å². The summed E-state index contributed by atoms with van der Waals surface area (Å²) in [6.45, 7) is 5.73. The van der Waals surface area contributed by atoms with Crippen molar-refractivity contribution in [2.75, 3.05) is 34.0 Å². The standard InChI is InChI=1S/C35H39ClN4O10/c1-6-47-27-16-24(31-30(34(43)46-5)20(3)38-35(44)39-31)12-13-26(27)49-19-29(41)40-37-17-22-14-25(36)32(28(15-22)45-4)50-18-21-8-10-23(11-9-21)33(42)48-7-2/h8-17,29,31,40-41H,6-7,18-19H2,1-5H3,(H2,38,39,44)/b37-17+/t29-,31+/m0/s1. The van der Waals surface area contributed by atoms with E-state index >= 15 is 0 Å². The highest BCUT2D eigenvalue weighted by molar-refractivity contribution is 6.32. The summed E-state index contributed by atoms with van der Waals surface area (Å²) >= 11 is 6.51. The number of allylic oxidation sites excluding steroid dienone is 1. The Kier molecular flexibility index (Phi) is 13.3. The number of hydrogen-bond acceptors (Lipinski definition) is 12. The van der Waals surface area contributed by atoms with Gasteiger partial charge in [-0.25, -0.2) is 14.4 Å². The van der Waals surface area contributed by atoms with Crippen LogP contribution in [0, 0.1) is 0 Å². The van der Waals surface area contributed by atoms with Crippen LogP contribution in [0.1, 0.15) is 53.9 Å². The number of amides is 2. The SMILES string of the molecule is CCOC(=O)c1ccc(COc2c(Cl)cc(/C=N/N[C@@H](O)COc3ccc([C@H]4NC(=O)NC(C)=C4C(=O)OC)cc3OCC)cc2OC)cc1. The molecule has 0 spiro atoms. The van der Waals surface area contributed by atoms with Gasteiger partial charge in [0.25, 0.3) is 0 Å². The zero-order valence-electron chi connectivity index (χ0n) is 28.2. The van der Waals surface area contributed by atoms with Gasteiger partial charge >= 0.3 is 18.0 Å². The van der Waals surface area contributed by atoms with Crippen molar-refractivity contribution in [3.05, 3.63) is 93.1 Å². The van der Waals surface area contributed by atoms with Crippen LogP contribution >= 0.6 is 11.6 Å². The number of urea groups is 1. The van der Waals surface area contributed by atoms with E-state index in [2.05, 4.69) is 21.2 Å². The number of aliphatic hydroxyl groups is 1. The molecule has 1 aliphatic heterocycles. The smallest absolute Gasteiger partial charge is 0.338 e. The first-order valence-corrected chi connectivity index (χ1v) is 15.9. The molecule has 0 fully saturated rings. The zero-order valence-corrected chi connectivity index (χ0v) is 29.0. The first kappa shape index (κ1) is 37.4. The van der Waals surface area contributed by atoms with Gasteiger partial charge in [0.1, 0.15) is 13.2 Å². The van der Waals surface area contributed by atoms with Gasteiger partial charge in [-0.05, 0) is 73.9 Å². The number of hydrazone groups is 1. The number of carbonyl (C=O) groups excluding carboxylic acids is 3. The van der Waals surface area contributed by atoms with E-state index in [-0.39, 0.29) is 23.8 Å². The number of rotatable bonds is 16. The quantitative estimate of drug-likeness (QED) is 0.0706. The van der Waals surface area contributed by atoms with Crippen molar-refractivity contribution in [1.82, 2.24) is 16.1 Å². The number of halogens is 1. The van der Waals surface area contributed by atoms with Crippen molar-refractivity contribution in [3.8, 4) is 23.0 Å². The van der Waals surface area contributed by atoms with Crippen LogP contribution in [-0.4, -0.2) is 69.6 Å². The Bertz CT molecular complexity index is 1750. The number of nitrogens with zero attached hydrogens (tertiary/aromatic N) is 1. The molecule has 0 saturated heterocycles. The van der Waals surface area contributed by atoms with Crippen LogP contribution in [0.3, 0.4) is 0 Å². The summed E-state index contributed by atoms with van der Waals surface area (Å²) in [6.07, 6.45) is 0.230. The van der Waals surface area contributed by atoms with E-state index in [0.29, 0.717) is 58.6 Å². The topological polar surface area (TPSA) is 175 Å². The van der Waals surface area contributed by atoms with Gasteiger partial charge in [-0.2, -0.15) is 5.10 Å². The van der Waals surface area contributed by atoms with Crippen LogP contribution in [0.5, 0.6) is 23.0 Å². The fourth-order valence-electron chi connectivity index (χ4n) is 4.88. The number of nitrogens with one attached hydrogen (secondary N) is 3. The van der Waals surface area contributed by atoms with Crippen molar-refractivity contribution in [3.63, 3.8) is 0 Å². The van der Waals surface area contributed by atoms with Crippen LogP contribution < -0.4 is 35.0 Å². The second kappa shape index (κ2) is 17.8. The molecular formula is C35H39ClN4O10. The number of esters is 2. The number of carbonyl (C=O) groups is 3. The minimum atomic E-state index is -1.21. The maximum atomic E-state index is 12.5. The maximum Gasteiger partial charge on any atom is 0.338 e. The Balaban J connectivity index is 1.36. The highest BCUT2D eigenvalue weighted by atomic mass is 35.5. The van der Waals surface area contributed by atoms with Crippen LogP contribution in [0.15, 0.2) is 71.0 Å². The van der Waals surface area contributed by atoms with E-state index < -0.39 is 30.2 Å². The first-order chi connectivity index (χ1) is 24.1. The molecule has 0 radical (unpaired) electrons. The molecule has 4 N–H and O–H groups in total. The summed E-state index contributed by atoms with van der Waals surface area (Å²) in [5, 5.41) is 20.2. The lowest BCUT2D eigenvalue weighted by Gasteiger charge is -2.28. The summed E-state index contributed by atoms with van der Waals surface area (Å²) < 4.78 is 32.9. The van der Waals surface area contributed by atoms with E-state index in [0.717, 1.165) is 5.56 Å². The normalized spacial score (nSPS) is 14.7. The summed E-state index contributed by atoms with van der Waals surface area (Å²) in [6, 6.07) is 13.8. The largest absolute Gasteiger partial charge is 0.493 e. The van der Waals surface area contributed by atoms with E-state index in [1.54, 1.807) is 75.4 Å². The lowest BCUT2D eigenvalue weighted by molar-refractivity contribution is -0.136. The summed E-state index contributed by atoms with van der Waals surface area (Å²) in [7, 11) is 2.74. The molecular weight excluding hydrogens is 672 g/mol. The van der Waals surface area contributed by atoms with Gasteiger partial charge in [-0.15, -0.1) is 0 Å². The summed E-state index contributed by atoms with van der Waals surface area (Å²) in [4.78, 5) is 36.5. The highest BCUT2D eigenvalue weighted by Gasteiger charge is 2.32. The van der Waals surface area contributed by atoms with Crippen molar-refractivity contribution in [2.24, 2.45) is 5.10 Å². The monoisotopic (exact) mass is 710 g/mol. The number of hydrogen-bond donors (Lipinski definition) is 4. The fraction of sp³-hybridized carbons (Fsp3) is 0.314. The van der Waals surface area contributed by atoms with Gasteiger partial charge in [-0.1, -0.05) is 29.8 Å². The second-order valence-corrected chi connectivity index (χ2v) is 11.1. The van der Waals surface area contributed by atoms with Crippen LogP contribution in [0.2, 0.25) is 5.02 Å². The third kappa shape index (κ3) is 9.57. The number of benzene rings is 3. The minimum absolute atomic E-state index is 0.175. The third-order valence-electron chi connectivity index (χ3n) is 7.21. The third-order valence-corrected chi connectivity index (χ3v) is 7.49. The average molecular weight is 711 g/mol. The van der Waals surface area contributed by atoms with Crippen molar-refractivity contribution in [2.45, 2.75) is 39.6 Å². The predicted octanol–water partition coefficient (Wildman–Crippen LogP) is 4.62. The average Bonchev–Trinajstić information content (AvgIpc) is 3.10. The van der Waals surface area contributed by atoms with E-state index in [1.165, 1.54) is 20.4 Å². The van der Waals surface area contributed by atoms with Gasteiger partial charge in [-0.3, -0.25) is 5.43 Å². The van der Waals surface area contributed by atoms with Crippen molar-refractivity contribution < 1.29 is 47.9 Å². The predicted molar refractivity (Wildman–Crippen MR) is 184 cm³/mol. The van der Waals surface area contributed by atoms with E-state index in [9.17, 15) is 19.5 Å². The van der Waals surface area contributed by atoms with Gasteiger partial charge in [0.2, 0.25) is 0 Å².